The summed E-state index contributed by atoms with van der Waals surface area (Å²) in [6.07, 6.45) is 7.25. The third-order valence-electron chi connectivity index (χ3n) is 3.61. The van der Waals surface area contributed by atoms with Crippen LogP contribution >= 0.6 is 0 Å². The SMILES string of the molecule is CCCC(CN)C(=O)NC(Cn1ccnc1)C(C)(C)C. The lowest BCUT2D eigenvalue weighted by atomic mass is 9.86. The molecule has 5 heteroatoms. The molecule has 0 spiro atoms. The molecule has 0 aliphatic heterocycles. The quantitative estimate of drug-likeness (QED) is 0.799. The molecule has 2 atom stereocenters. The summed E-state index contributed by atoms with van der Waals surface area (Å²) >= 11 is 0. The second kappa shape index (κ2) is 7.43. The molecule has 0 radical (unpaired) electrons. The topological polar surface area (TPSA) is 72.9 Å². The van der Waals surface area contributed by atoms with Gasteiger partial charge < -0.3 is 15.6 Å². The van der Waals surface area contributed by atoms with Crippen LogP contribution in [-0.2, 0) is 11.3 Å². The van der Waals surface area contributed by atoms with Crippen molar-refractivity contribution in [3.8, 4) is 0 Å². The second-order valence-corrected chi connectivity index (χ2v) is 6.41. The van der Waals surface area contributed by atoms with Crippen molar-refractivity contribution < 1.29 is 4.79 Å². The molecule has 1 rings (SSSR count). The number of carbonyl (C=O) groups excluding carboxylic acids is 1. The fourth-order valence-electron chi connectivity index (χ4n) is 2.14. The lowest BCUT2D eigenvalue weighted by Gasteiger charge is -2.33. The second-order valence-electron chi connectivity index (χ2n) is 6.41. The van der Waals surface area contributed by atoms with Gasteiger partial charge in [0.05, 0.1) is 18.3 Å². The van der Waals surface area contributed by atoms with Crippen molar-refractivity contribution in [1.29, 1.82) is 0 Å². The van der Waals surface area contributed by atoms with Gasteiger partial charge in [-0.25, -0.2) is 4.98 Å². The van der Waals surface area contributed by atoms with Gasteiger partial charge in [0.1, 0.15) is 0 Å². The zero-order valence-corrected chi connectivity index (χ0v) is 13.1. The van der Waals surface area contributed by atoms with Crippen molar-refractivity contribution in [2.45, 2.75) is 53.1 Å². The summed E-state index contributed by atoms with van der Waals surface area (Å²) in [6, 6.07) is 0.0510. The van der Waals surface area contributed by atoms with Crippen molar-refractivity contribution in [2.75, 3.05) is 6.54 Å². The molecule has 3 N–H and O–H groups in total. The highest BCUT2D eigenvalue weighted by molar-refractivity contribution is 5.79. The van der Waals surface area contributed by atoms with Crippen LogP contribution in [0.15, 0.2) is 18.7 Å². The van der Waals surface area contributed by atoms with E-state index in [4.69, 9.17) is 5.73 Å². The van der Waals surface area contributed by atoms with Gasteiger partial charge in [-0.05, 0) is 11.8 Å². The number of nitrogens with zero attached hydrogens (tertiary/aromatic N) is 2. The van der Waals surface area contributed by atoms with E-state index in [1.54, 1.807) is 12.5 Å². The molecule has 0 aromatic carbocycles. The van der Waals surface area contributed by atoms with Crippen LogP contribution in [0.25, 0.3) is 0 Å². The number of rotatable bonds is 7. The predicted molar refractivity (Wildman–Crippen MR) is 81.1 cm³/mol. The number of aromatic nitrogens is 2. The van der Waals surface area contributed by atoms with E-state index in [0.717, 1.165) is 19.4 Å². The average Bonchev–Trinajstić information content (AvgIpc) is 2.86. The molecular weight excluding hydrogens is 252 g/mol. The summed E-state index contributed by atoms with van der Waals surface area (Å²) < 4.78 is 1.99. The number of hydrogen-bond donors (Lipinski definition) is 2. The first-order valence-electron chi connectivity index (χ1n) is 7.34. The Morgan fingerprint density at radius 1 is 1.45 bits per heavy atom. The molecule has 1 amide bonds. The van der Waals surface area contributed by atoms with Gasteiger partial charge in [-0.2, -0.15) is 0 Å². The van der Waals surface area contributed by atoms with Crippen LogP contribution in [0, 0.1) is 11.3 Å². The summed E-state index contributed by atoms with van der Waals surface area (Å²) in [5.41, 5.74) is 5.68. The third kappa shape index (κ3) is 4.96. The molecule has 114 valence electrons. The summed E-state index contributed by atoms with van der Waals surface area (Å²) in [5, 5.41) is 3.16. The highest BCUT2D eigenvalue weighted by atomic mass is 16.2. The first-order valence-corrected chi connectivity index (χ1v) is 7.34. The van der Waals surface area contributed by atoms with E-state index < -0.39 is 0 Å². The van der Waals surface area contributed by atoms with Crippen LogP contribution in [-0.4, -0.2) is 28.0 Å². The first-order chi connectivity index (χ1) is 9.38. The average molecular weight is 280 g/mol. The van der Waals surface area contributed by atoms with Gasteiger partial charge in [0, 0.05) is 25.5 Å². The molecule has 0 saturated carbocycles. The zero-order valence-electron chi connectivity index (χ0n) is 13.1. The number of nitrogens with one attached hydrogen (secondary N) is 1. The Kier molecular flexibility index (Phi) is 6.20. The Balaban J connectivity index is 2.72. The number of hydrogen-bond acceptors (Lipinski definition) is 3. The van der Waals surface area contributed by atoms with Crippen LogP contribution in [0.2, 0.25) is 0 Å². The van der Waals surface area contributed by atoms with Crippen molar-refractivity contribution in [2.24, 2.45) is 17.1 Å². The molecule has 20 heavy (non-hydrogen) atoms. The molecule has 1 aromatic heterocycles. The highest BCUT2D eigenvalue weighted by Crippen LogP contribution is 2.21. The maximum atomic E-state index is 12.3. The third-order valence-corrected chi connectivity index (χ3v) is 3.61. The van der Waals surface area contributed by atoms with Crippen LogP contribution in [0.3, 0.4) is 0 Å². The molecule has 1 aromatic rings. The summed E-state index contributed by atoms with van der Waals surface area (Å²) in [6.45, 7) is 9.59. The van der Waals surface area contributed by atoms with Crippen LogP contribution < -0.4 is 11.1 Å². The van der Waals surface area contributed by atoms with E-state index in [1.165, 1.54) is 0 Å². The standard InChI is InChI=1S/C15H28N4O/c1-5-6-12(9-16)14(20)18-13(15(2,3)4)10-19-8-7-17-11-19/h7-8,11-13H,5-6,9-10,16H2,1-4H3,(H,18,20). The largest absolute Gasteiger partial charge is 0.351 e. The number of nitrogens with two attached hydrogens (primary N) is 1. The van der Waals surface area contributed by atoms with Gasteiger partial charge in [-0.1, -0.05) is 34.1 Å². The summed E-state index contributed by atoms with van der Waals surface area (Å²) in [4.78, 5) is 16.4. The molecule has 0 fully saturated rings. The Bertz CT molecular complexity index is 395. The fraction of sp³-hybridized carbons (Fsp3) is 0.733. The number of amides is 1. The molecule has 0 bridgehead atoms. The molecule has 2 unspecified atom stereocenters. The molecular formula is C15H28N4O. The lowest BCUT2D eigenvalue weighted by Crippen LogP contribution is -2.49. The van der Waals surface area contributed by atoms with E-state index in [1.807, 2.05) is 10.8 Å². The van der Waals surface area contributed by atoms with Gasteiger partial charge in [0.2, 0.25) is 5.91 Å². The molecule has 0 saturated heterocycles. The van der Waals surface area contributed by atoms with Gasteiger partial charge in [-0.3, -0.25) is 4.79 Å². The Hall–Kier alpha value is -1.36. The monoisotopic (exact) mass is 280 g/mol. The first kappa shape index (κ1) is 16.7. The summed E-state index contributed by atoms with van der Waals surface area (Å²) in [7, 11) is 0. The fourth-order valence-corrected chi connectivity index (χ4v) is 2.14. The van der Waals surface area contributed by atoms with Gasteiger partial charge in [0.15, 0.2) is 0 Å². The minimum absolute atomic E-state index is 0.0225. The van der Waals surface area contributed by atoms with Crippen molar-refractivity contribution in [3.63, 3.8) is 0 Å². The Labute approximate surface area is 122 Å². The lowest BCUT2D eigenvalue weighted by molar-refractivity contribution is -0.126. The van der Waals surface area contributed by atoms with Gasteiger partial charge >= 0.3 is 0 Å². The highest BCUT2D eigenvalue weighted by Gasteiger charge is 2.28. The molecule has 0 aliphatic rings. The van der Waals surface area contributed by atoms with Crippen molar-refractivity contribution in [3.05, 3.63) is 18.7 Å². The van der Waals surface area contributed by atoms with E-state index in [0.29, 0.717) is 6.54 Å². The summed E-state index contributed by atoms with van der Waals surface area (Å²) in [5.74, 6) is -0.0259. The van der Waals surface area contributed by atoms with E-state index in [9.17, 15) is 4.79 Å². The van der Waals surface area contributed by atoms with Crippen LogP contribution in [0.5, 0.6) is 0 Å². The maximum Gasteiger partial charge on any atom is 0.224 e. The minimum Gasteiger partial charge on any atom is -0.351 e. The molecule has 1 heterocycles. The number of imidazole rings is 1. The van der Waals surface area contributed by atoms with Gasteiger partial charge in [0.25, 0.3) is 0 Å². The zero-order chi connectivity index (χ0) is 15.2. The Morgan fingerprint density at radius 2 is 2.15 bits per heavy atom. The normalized spacial score (nSPS) is 14.8. The smallest absolute Gasteiger partial charge is 0.224 e. The Morgan fingerprint density at radius 3 is 2.60 bits per heavy atom. The van der Waals surface area contributed by atoms with Gasteiger partial charge in [-0.15, -0.1) is 0 Å². The van der Waals surface area contributed by atoms with E-state index in [-0.39, 0.29) is 23.3 Å². The van der Waals surface area contributed by atoms with Crippen molar-refractivity contribution in [1.82, 2.24) is 14.9 Å². The predicted octanol–water partition coefficient (Wildman–Crippen LogP) is 1.79. The minimum atomic E-state index is -0.0902. The van der Waals surface area contributed by atoms with Crippen LogP contribution in [0.4, 0.5) is 0 Å². The molecule has 5 nitrogen and oxygen atoms in total. The van der Waals surface area contributed by atoms with Crippen molar-refractivity contribution >= 4 is 5.91 Å². The maximum absolute atomic E-state index is 12.3. The number of carbonyl (C=O) groups is 1. The van der Waals surface area contributed by atoms with E-state index in [2.05, 4.69) is 38.0 Å². The van der Waals surface area contributed by atoms with Crippen LogP contribution in [0.1, 0.15) is 40.5 Å². The molecule has 0 aliphatic carbocycles. The van der Waals surface area contributed by atoms with E-state index >= 15 is 0 Å².